The van der Waals surface area contributed by atoms with Crippen LogP contribution in [0.4, 0.5) is 0 Å². The minimum absolute atomic E-state index is 0.0159. The highest BCUT2D eigenvalue weighted by atomic mass is 16.5. The van der Waals surface area contributed by atoms with Crippen molar-refractivity contribution < 1.29 is 14.3 Å². The Morgan fingerprint density at radius 1 is 1.03 bits per heavy atom. The number of likely N-dealkylation sites (tertiary alicyclic amines) is 1. The number of fused-ring (bicyclic) bond motifs is 2. The molecule has 1 amide bonds. The summed E-state index contributed by atoms with van der Waals surface area (Å²) in [5.74, 6) is 1.22. The van der Waals surface area contributed by atoms with E-state index in [2.05, 4.69) is 47.6 Å². The largest absolute Gasteiger partial charge is 0.497 e. The maximum atomic E-state index is 13.3. The summed E-state index contributed by atoms with van der Waals surface area (Å²) in [6, 6.07) is 22.6. The first-order valence-electron chi connectivity index (χ1n) is 12.2. The lowest BCUT2D eigenvalue weighted by atomic mass is 9.57. The number of piperidine rings is 1. The molecule has 1 saturated carbocycles. The highest BCUT2D eigenvalue weighted by molar-refractivity contribution is 5.98. The molecule has 0 spiro atoms. The summed E-state index contributed by atoms with van der Waals surface area (Å²) < 4.78 is 11.6. The Labute approximate surface area is 202 Å². The molecule has 1 aliphatic carbocycles. The standard InChI is InChI=1S/C29H34N2O3/c1-31-14-13-29(23-9-6-10-25(16-23)33-2)18-24(17-27(34-3)26(29)19-31)30-28(32)22-12-11-20-7-4-5-8-21(20)15-22/h4-12,15-16,24,26-27H,13-14,17-19H2,1-3H3,(H,30,32)/t24-,26+,27?,29+/m1/s1. The van der Waals surface area contributed by atoms with E-state index in [1.165, 1.54) is 5.56 Å². The van der Waals surface area contributed by atoms with Crippen molar-refractivity contribution in [1.82, 2.24) is 10.2 Å². The van der Waals surface area contributed by atoms with Crippen LogP contribution in [0.5, 0.6) is 5.75 Å². The molecule has 0 bridgehead atoms. The van der Waals surface area contributed by atoms with E-state index in [9.17, 15) is 4.79 Å². The van der Waals surface area contributed by atoms with Crippen LogP contribution < -0.4 is 10.1 Å². The summed E-state index contributed by atoms with van der Waals surface area (Å²) >= 11 is 0. The van der Waals surface area contributed by atoms with Crippen LogP contribution in [-0.4, -0.2) is 57.3 Å². The number of ether oxygens (including phenoxy) is 2. The van der Waals surface area contributed by atoms with Gasteiger partial charge in [0.2, 0.25) is 0 Å². The van der Waals surface area contributed by atoms with Gasteiger partial charge in [-0.3, -0.25) is 4.79 Å². The number of methoxy groups -OCH3 is 2. The Morgan fingerprint density at radius 3 is 2.65 bits per heavy atom. The van der Waals surface area contributed by atoms with Gasteiger partial charge >= 0.3 is 0 Å². The summed E-state index contributed by atoms with van der Waals surface area (Å²) in [5, 5.41) is 5.59. The Balaban J connectivity index is 1.46. The summed E-state index contributed by atoms with van der Waals surface area (Å²) in [4.78, 5) is 15.7. The zero-order valence-electron chi connectivity index (χ0n) is 20.3. The number of nitrogens with zero attached hydrogens (tertiary/aromatic N) is 1. The Morgan fingerprint density at radius 2 is 1.85 bits per heavy atom. The molecule has 0 radical (unpaired) electrons. The fourth-order valence-electron chi connectivity index (χ4n) is 6.25. The van der Waals surface area contributed by atoms with Crippen molar-refractivity contribution in [2.45, 2.75) is 36.8 Å². The van der Waals surface area contributed by atoms with Crippen molar-refractivity contribution in [1.29, 1.82) is 0 Å². The third-order valence-electron chi connectivity index (χ3n) is 8.03. The molecule has 1 saturated heterocycles. The Bertz CT molecular complexity index is 1180. The number of amides is 1. The van der Waals surface area contributed by atoms with Gasteiger partial charge in [-0.1, -0.05) is 42.5 Å². The predicted molar refractivity (Wildman–Crippen MR) is 136 cm³/mol. The molecule has 3 aromatic carbocycles. The average molecular weight is 459 g/mol. The number of rotatable bonds is 5. The number of carbonyl (C=O) groups is 1. The number of hydrogen-bond acceptors (Lipinski definition) is 4. The lowest BCUT2D eigenvalue weighted by molar-refractivity contribution is -0.0629. The molecule has 1 unspecified atom stereocenters. The van der Waals surface area contributed by atoms with E-state index < -0.39 is 0 Å². The topological polar surface area (TPSA) is 50.8 Å². The summed E-state index contributed by atoms with van der Waals surface area (Å²) in [6.07, 6.45) is 2.83. The molecule has 2 fully saturated rings. The van der Waals surface area contributed by atoms with Gasteiger partial charge in [0.1, 0.15) is 5.75 Å². The molecule has 1 N–H and O–H groups in total. The van der Waals surface area contributed by atoms with Crippen LogP contribution in [-0.2, 0) is 10.2 Å². The highest BCUT2D eigenvalue weighted by Gasteiger charge is 2.52. The maximum Gasteiger partial charge on any atom is 0.251 e. The van der Waals surface area contributed by atoms with Gasteiger partial charge in [-0.2, -0.15) is 0 Å². The number of carbonyl (C=O) groups excluding carboxylic acids is 1. The van der Waals surface area contributed by atoms with Crippen molar-refractivity contribution in [2.24, 2.45) is 5.92 Å². The average Bonchev–Trinajstić information content (AvgIpc) is 2.88. The normalized spacial score (nSPS) is 27.2. The number of nitrogens with one attached hydrogen (secondary N) is 1. The predicted octanol–water partition coefficient (Wildman–Crippen LogP) is 4.65. The molecule has 2 aliphatic rings. The second kappa shape index (κ2) is 9.40. The molecule has 34 heavy (non-hydrogen) atoms. The van der Waals surface area contributed by atoms with Gasteiger partial charge in [-0.05, 0) is 73.5 Å². The summed E-state index contributed by atoms with van der Waals surface area (Å²) in [5.41, 5.74) is 1.92. The first-order chi connectivity index (χ1) is 16.5. The number of hydrogen-bond donors (Lipinski definition) is 1. The summed E-state index contributed by atoms with van der Waals surface area (Å²) in [6.45, 7) is 2.01. The van der Waals surface area contributed by atoms with E-state index in [1.54, 1.807) is 7.11 Å². The molecular formula is C29H34N2O3. The molecule has 1 heterocycles. The van der Waals surface area contributed by atoms with Crippen LogP contribution >= 0.6 is 0 Å². The third-order valence-corrected chi connectivity index (χ3v) is 8.03. The lowest BCUT2D eigenvalue weighted by Crippen LogP contribution is -2.60. The van der Waals surface area contributed by atoms with Gasteiger partial charge in [0.05, 0.1) is 13.2 Å². The maximum absolute atomic E-state index is 13.3. The van der Waals surface area contributed by atoms with E-state index in [1.807, 2.05) is 43.5 Å². The van der Waals surface area contributed by atoms with Gasteiger partial charge in [-0.15, -0.1) is 0 Å². The quantitative estimate of drug-likeness (QED) is 0.605. The van der Waals surface area contributed by atoms with Crippen molar-refractivity contribution in [2.75, 3.05) is 34.4 Å². The molecule has 5 nitrogen and oxygen atoms in total. The molecule has 5 rings (SSSR count). The monoisotopic (exact) mass is 458 g/mol. The second-order valence-electron chi connectivity index (χ2n) is 9.95. The van der Waals surface area contributed by atoms with Gasteiger partial charge in [0.15, 0.2) is 0 Å². The fraction of sp³-hybridized carbons (Fsp3) is 0.414. The van der Waals surface area contributed by atoms with Crippen molar-refractivity contribution in [3.05, 3.63) is 77.9 Å². The van der Waals surface area contributed by atoms with E-state index in [0.29, 0.717) is 11.5 Å². The van der Waals surface area contributed by atoms with Gasteiger partial charge < -0.3 is 19.7 Å². The van der Waals surface area contributed by atoms with Gasteiger partial charge in [0.25, 0.3) is 5.91 Å². The van der Waals surface area contributed by atoms with Gasteiger partial charge in [0, 0.05) is 36.6 Å². The molecule has 1 aliphatic heterocycles. The Kier molecular flexibility index (Phi) is 6.32. The molecular weight excluding hydrogens is 424 g/mol. The zero-order chi connectivity index (χ0) is 23.7. The minimum Gasteiger partial charge on any atom is -0.497 e. The molecule has 178 valence electrons. The van der Waals surface area contributed by atoms with Crippen molar-refractivity contribution >= 4 is 16.7 Å². The van der Waals surface area contributed by atoms with E-state index in [0.717, 1.165) is 48.9 Å². The SMILES string of the molecule is COc1cccc([C@@]23CCN(C)C[C@H]2C(OC)C[C@@H](NC(=O)c2ccc4ccccc4c2)C3)c1. The molecule has 5 heteroatoms. The zero-order valence-corrected chi connectivity index (χ0v) is 20.3. The molecule has 3 aromatic rings. The smallest absolute Gasteiger partial charge is 0.251 e. The highest BCUT2D eigenvalue weighted by Crippen LogP contribution is 2.50. The molecule has 0 aromatic heterocycles. The molecule has 4 atom stereocenters. The fourth-order valence-corrected chi connectivity index (χ4v) is 6.25. The Hall–Kier alpha value is -2.89. The van der Waals surface area contributed by atoms with Crippen LogP contribution in [0.1, 0.15) is 35.2 Å². The van der Waals surface area contributed by atoms with E-state index >= 15 is 0 Å². The first kappa shape index (κ1) is 22.9. The van der Waals surface area contributed by atoms with Crippen LogP contribution in [0, 0.1) is 5.92 Å². The van der Waals surface area contributed by atoms with E-state index in [-0.39, 0.29) is 23.5 Å². The van der Waals surface area contributed by atoms with Crippen LogP contribution in [0.3, 0.4) is 0 Å². The van der Waals surface area contributed by atoms with Crippen LogP contribution in [0.25, 0.3) is 10.8 Å². The third kappa shape index (κ3) is 4.19. The van der Waals surface area contributed by atoms with Crippen molar-refractivity contribution in [3.8, 4) is 5.75 Å². The first-order valence-corrected chi connectivity index (χ1v) is 12.2. The van der Waals surface area contributed by atoms with Crippen molar-refractivity contribution in [3.63, 3.8) is 0 Å². The number of benzene rings is 3. The second-order valence-corrected chi connectivity index (χ2v) is 9.95. The van der Waals surface area contributed by atoms with Crippen LogP contribution in [0.2, 0.25) is 0 Å². The minimum atomic E-state index is -0.0681. The summed E-state index contributed by atoms with van der Waals surface area (Å²) in [7, 11) is 5.72. The van der Waals surface area contributed by atoms with Crippen LogP contribution in [0.15, 0.2) is 66.7 Å². The van der Waals surface area contributed by atoms with E-state index in [4.69, 9.17) is 9.47 Å². The van der Waals surface area contributed by atoms with Gasteiger partial charge in [-0.25, -0.2) is 0 Å². The lowest BCUT2D eigenvalue weighted by Gasteiger charge is -2.55.